The van der Waals surface area contributed by atoms with E-state index in [-0.39, 0.29) is 17.9 Å². The average molecular weight is 393 g/mol. The summed E-state index contributed by atoms with van der Waals surface area (Å²) in [5.74, 6) is 1.45. The van der Waals surface area contributed by atoms with Crippen molar-refractivity contribution in [2.75, 3.05) is 7.11 Å². The minimum absolute atomic E-state index is 0.0358. The van der Waals surface area contributed by atoms with Crippen molar-refractivity contribution in [3.05, 3.63) is 65.5 Å². The molecule has 1 aromatic heterocycles. The highest BCUT2D eigenvalue weighted by molar-refractivity contribution is 5.75. The van der Waals surface area contributed by atoms with Crippen molar-refractivity contribution in [1.82, 2.24) is 15.5 Å². The van der Waals surface area contributed by atoms with Crippen LogP contribution in [0.15, 0.2) is 52.9 Å². The second-order valence-electron chi connectivity index (χ2n) is 7.76. The third-order valence-corrected chi connectivity index (χ3v) is 5.03. The molecule has 0 atom stereocenters. The monoisotopic (exact) mass is 393 g/mol. The lowest BCUT2D eigenvalue weighted by molar-refractivity contribution is -0.121. The second kappa shape index (κ2) is 8.90. The molecule has 3 rings (SSSR count). The van der Waals surface area contributed by atoms with Crippen molar-refractivity contribution in [2.24, 2.45) is 0 Å². The Labute approximate surface area is 171 Å². The molecule has 0 aliphatic carbocycles. The van der Waals surface area contributed by atoms with Crippen molar-refractivity contribution >= 4 is 5.91 Å². The molecule has 0 spiro atoms. The summed E-state index contributed by atoms with van der Waals surface area (Å²) in [5, 5.41) is 10.9. The summed E-state index contributed by atoms with van der Waals surface area (Å²) >= 11 is 0. The number of carbonyl (C=O) groups excluding carboxylic acids is 1. The fourth-order valence-electron chi connectivity index (χ4n) is 3.04. The number of rotatable bonds is 8. The lowest BCUT2D eigenvalue weighted by Gasteiger charge is -2.25. The number of nitrogens with one attached hydrogen (secondary N) is 1. The van der Waals surface area contributed by atoms with Gasteiger partial charge in [-0.1, -0.05) is 49.7 Å². The molecular weight excluding hydrogens is 366 g/mol. The summed E-state index contributed by atoms with van der Waals surface area (Å²) < 4.78 is 10.9. The van der Waals surface area contributed by atoms with Crippen LogP contribution in [0.3, 0.4) is 0 Å². The SMILES string of the molecule is COc1cccc(-c2nnc(CNC(=O)CCC(C)(C)c3ccc(C)cc3)o2)c1. The Hall–Kier alpha value is -3.15. The van der Waals surface area contributed by atoms with Gasteiger partial charge < -0.3 is 14.5 Å². The van der Waals surface area contributed by atoms with Crippen LogP contribution in [0.1, 0.15) is 43.7 Å². The Bertz CT molecular complexity index is 962. The van der Waals surface area contributed by atoms with E-state index >= 15 is 0 Å². The summed E-state index contributed by atoms with van der Waals surface area (Å²) in [4.78, 5) is 12.3. The number of aryl methyl sites for hydroxylation is 1. The number of amides is 1. The maximum absolute atomic E-state index is 12.3. The fourth-order valence-corrected chi connectivity index (χ4v) is 3.04. The van der Waals surface area contributed by atoms with Gasteiger partial charge in [-0.05, 0) is 42.5 Å². The molecule has 0 bridgehead atoms. The van der Waals surface area contributed by atoms with Gasteiger partial charge in [0, 0.05) is 12.0 Å². The van der Waals surface area contributed by atoms with Crippen LogP contribution in [0.2, 0.25) is 0 Å². The first kappa shape index (κ1) is 20.6. The fraction of sp³-hybridized carbons (Fsp3) is 0.348. The van der Waals surface area contributed by atoms with Gasteiger partial charge in [0.05, 0.1) is 13.7 Å². The molecule has 0 fully saturated rings. The minimum atomic E-state index is -0.0743. The number of hydrogen-bond acceptors (Lipinski definition) is 5. The van der Waals surface area contributed by atoms with Crippen molar-refractivity contribution in [1.29, 1.82) is 0 Å². The Morgan fingerprint density at radius 3 is 2.62 bits per heavy atom. The zero-order chi connectivity index (χ0) is 20.9. The maximum Gasteiger partial charge on any atom is 0.247 e. The number of hydrogen-bond donors (Lipinski definition) is 1. The number of methoxy groups -OCH3 is 1. The number of carbonyl (C=O) groups is 1. The van der Waals surface area contributed by atoms with E-state index in [1.165, 1.54) is 11.1 Å². The standard InChI is InChI=1S/C23H27N3O3/c1-16-8-10-18(11-9-16)23(2,3)13-12-20(27)24-15-21-25-26-22(29-21)17-6-5-7-19(14-17)28-4/h5-11,14H,12-13,15H2,1-4H3,(H,24,27). The molecule has 0 saturated heterocycles. The molecule has 0 radical (unpaired) electrons. The van der Waals surface area contributed by atoms with Gasteiger partial charge in [-0.2, -0.15) is 0 Å². The van der Waals surface area contributed by atoms with Crippen LogP contribution < -0.4 is 10.1 Å². The van der Waals surface area contributed by atoms with Crippen LogP contribution >= 0.6 is 0 Å². The number of nitrogens with zero attached hydrogens (tertiary/aromatic N) is 2. The van der Waals surface area contributed by atoms with Crippen molar-refractivity contribution in [3.63, 3.8) is 0 Å². The van der Waals surface area contributed by atoms with Gasteiger partial charge in [-0.25, -0.2) is 0 Å². The summed E-state index contributed by atoms with van der Waals surface area (Å²) in [6.07, 6.45) is 1.18. The molecule has 0 saturated carbocycles. The first-order chi connectivity index (χ1) is 13.9. The predicted molar refractivity (Wildman–Crippen MR) is 112 cm³/mol. The van der Waals surface area contributed by atoms with Gasteiger partial charge in [-0.15, -0.1) is 10.2 Å². The van der Waals surface area contributed by atoms with E-state index in [1.807, 2.05) is 24.3 Å². The molecule has 6 heteroatoms. The van der Waals surface area contributed by atoms with Crippen molar-refractivity contribution in [2.45, 2.75) is 45.6 Å². The Balaban J connectivity index is 1.52. The summed E-state index contributed by atoms with van der Waals surface area (Å²) in [6, 6.07) is 15.9. The van der Waals surface area contributed by atoms with Gasteiger partial charge in [0.25, 0.3) is 0 Å². The first-order valence-electron chi connectivity index (χ1n) is 9.68. The first-order valence-corrected chi connectivity index (χ1v) is 9.68. The van der Waals surface area contributed by atoms with E-state index in [1.54, 1.807) is 7.11 Å². The Morgan fingerprint density at radius 1 is 1.14 bits per heavy atom. The minimum Gasteiger partial charge on any atom is -0.497 e. The van der Waals surface area contributed by atoms with E-state index in [9.17, 15) is 4.79 Å². The lowest BCUT2D eigenvalue weighted by Crippen LogP contribution is -2.26. The predicted octanol–water partition coefficient (Wildman–Crippen LogP) is 4.43. The van der Waals surface area contributed by atoms with Crippen molar-refractivity contribution in [3.8, 4) is 17.2 Å². The molecule has 1 heterocycles. The molecule has 0 aliphatic rings. The second-order valence-corrected chi connectivity index (χ2v) is 7.76. The van der Waals surface area contributed by atoms with E-state index in [0.717, 1.165) is 12.0 Å². The maximum atomic E-state index is 12.3. The number of ether oxygens (including phenoxy) is 1. The lowest BCUT2D eigenvalue weighted by atomic mass is 9.80. The normalized spacial score (nSPS) is 11.3. The van der Waals surface area contributed by atoms with Gasteiger partial charge in [0.2, 0.25) is 17.7 Å². The topological polar surface area (TPSA) is 77.3 Å². The zero-order valence-corrected chi connectivity index (χ0v) is 17.4. The van der Waals surface area contributed by atoms with Gasteiger partial charge in [0.1, 0.15) is 5.75 Å². The van der Waals surface area contributed by atoms with Crippen LogP contribution in [0, 0.1) is 6.92 Å². The Morgan fingerprint density at radius 2 is 1.90 bits per heavy atom. The molecule has 2 aromatic carbocycles. The third-order valence-electron chi connectivity index (χ3n) is 5.03. The quantitative estimate of drug-likeness (QED) is 0.613. The van der Waals surface area contributed by atoms with Crippen LogP contribution in [0.4, 0.5) is 0 Å². The van der Waals surface area contributed by atoms with E-state index in [2.05, 4.69) is 60.6 Å². The molecular formula is C23H27N3O3. The molecule has 3 aromatic rings. The van der Waals surface area contributed by atoms with Gasteiger partial charge in [-0.3, -0.25) is 4.79 Å². The highest BCUT2D eigenvalue weighted by Crippen LogP contribution is 2.28. The van der Waals surface area contributed by atoms with Gasteiger partial charge in [0.15, 0.2) is 0 Å². The molecule has 29 heavy (non-hydrogen) atoms. The molecule has 1 amide bonds. The highest BCUT2D eigenvalue weighted by atomic mass is 16.5. The smallest absolute Gasteiger partial charge is 0.247 e. The average Bonchev–Trinajstić information content (AvgIpc) is 3.20. The molecule has 0 aliphatic heterocycles. The van der Waals surface area contributed by atoms with Crippen LogP contribution in [-0.4, -0.2) is 23.2 Å². The third kappa shape index (κ3) is 5.44. The molecule has 1 N–H and O–H groups in total. The van der Waals surface area contributed by atoms with E-state index in [0.29, 0.717) is 24.0 Å². The zero-order valence-electron chi connectivity index (χ0n) is 17.4. The Kier molecular flexibility index (Phi) is 6.32. The van der Waals surface area contributed by atoms with Crippen LogP contribution in [0.5, 0.6) is 5.75 Å². The van der Waals surface area contributed by atoms with Gasteiger partial charge >= 0.3 is 0 Å². The largest absolute Gasteiger partial charge is 0.497 e. The van der Waals surface area contributed by atoms with E-state index < -0.39 is 0 Å². The highest BCUT2D eigenvalue weighted by Gasteiger charge is 2.21. The summed E-state index contributed by atoms with van der Waals surface area (Å²) in [6.45, 7) is 6.59. The molecule has 0 unspecified atom stereocenters. The van der Waals surface area contributed by atoms with E-state index in [4.69, 9.17) is 9.15 Å². The van der Waals surface area contributed by atoms with Crippen LogP contribution in [-0.2, 0) is 16.8 Å². The van der Waals surface area contributed by atoms with Crippen molar-refractivity contribution < 1.29 is 13.9 Å². The number of aromatic nitrogens is 2. The summed E-state index contributed by atoms with van der Waals surface area (Å²) in [5.41, 5.74) is 3.16. The number of benzene rings is 2. The summed E-state index contributed by atoms with van der Waals surface area (Å²) in [7, 11) is 1.61. The molecule has 6 nitrogen and oxygen atoms in total. The molecule has 152 valence electrons. The van der Waals surface area contributed by atoms with Crippen LogP contribution in [0.25, 0.3) is 11.5 Å².